The minimum atomic E-state index is 0.477. The van der Waals surface area contributed by atoms with Crippen molar-refractivity contribution in [3.8, 4) is 0 Å². The molecule has 0 spiro atoms. The predicted octanol–water partition coefficient (Wildman–Crippen LogP) is 2.39. The second kappa shape index (κ2) is 5.13. The Morgan fingerprint density at radius 3 is 2.29 bits per heavy atom. The van der Waals surface area contributed by atoms with Crippen LogP contribution in [0.25, 0.3) is 0 Å². The van der Waals surface area contributed by atoms with Crippen molar-refractivity contribution in [2.75, 3.05) is 20.2 Å². The lowest BCUT2D eigenvalue weighted by Gasteiger charge is -2.41. The molecule has 0 aliphatic carbocycles. The molecular weight excluding hydrogens is 174 g/mol. The maximum Gasteiger partial charge on any atom is 0.0626 e. The smallest absolute Gasteiger partial charge is 0.0626 e. The molecule has 14 heavy (non-hydrogen) atoms. The molecule has 0 aromatic carbocycles. The van der Waals surface area contributed by atoms with Crippen LogP contribution in [-0.2, 0) is 4.74 Å². The van der Waals surface area contributed by atoms with Crippen LogP contribution in [0.4, 0.5) is 0 Å². The Morgan fingerprint density at radius 2 is 1.86 bits per heavy atom. The molecule has 0 N–H and O–H groups in total. The molecule has 1 fully saturated rings. The van der Waals surface area contributed by atoms with E-state index in [2.05, 4.69) is 32.6 Å². The zero-order valence-electron chi connectivity index (χ0n) is 10.3. The second-order valence-electron chi connectivity index (χ2n) is 5.06. The van der Waals surface area contributed by atoms with Gasteiger partial charge in [-0.1, -0.05) is 13.8 Å². The fourth-order valence-electron chi connectivity index (χ4n) is 2.39. The molecule has 0 bridgehead atoms. The summed E-state index contributed by atoms with van der Waals surface area (Å²) < 4.78 is 5.57. The van der Waals surface area contributed by atoms with Crippen LogP contribution < -0.4 is 0 Å². The highest BCUT2D eigenvalue weighted by atomic mass is 16.5. The topological polar surface area (TPSA) is 12.5 Å². The van der Waals surface area contributed by atoms with E-state index in [1.807, 2.05) is 7.11 Å². The standard InChI is InChI=1S/C12H25NO/c1-9(2)11-8-13(10(3)4)7-6-12(11)14-5/h9-12H,6-8H2,1-5H3/t11?,12-/m0/s1. The van der Waals surface area contributed by atoms with Crippen molar-refractivity contribution in [2.45, 2.75) is 46.3 Å². The van der Waals surface area contributed by atoms with Crippen LogP contribution in [-0.4, -0.2) is 37.2 Å². The van der Waals surface area contributed by atoms with Crippen molar-refractivity contribution < 1.29 is 4.74 Å². The van der Waals surface area contributed by atoms with E-state index in [1.165, 1.54) is 19.5 Å². The van der Waals surface area contributed by atoms with Gasteiger partial charge >= 0.3 is 0 Å². The number of hydrogen-bond acceptors (Lipinski definition) is 2. The molecule has 2 nitrogen and oxygen atoms in total. The van der Waals surface area contributed by atoms with Gasteiger partial charge < -0.3 is 9.64 Å². The number of rotatable bonds is 3. The van der Waals surface area contributed by atoms with Gasteiger partial charge in [0.15, 0.2) is 0 Å². The number of piperidine rings is 1. The van der Waals surface area contributed by atoms with E-state index in [0.29, 0.717) is 18.1 Å². The summed E-state index contributed by atoms with van der Waals surface area (Å²) in [6.07, 6.45) is 1.67. The molecule has 84 valence electrons. The van der Waals surface area contributed by atoms with Gasteiger partial charge in [0.25, 0.3) is 0 Å². The predicted molar refractivity (Wildman–Crippen MR) is 60.5 cm³/mol. The highest BCUT2D eigenvalue weighted by molar-refractivity contribution is 4.84. The van der Waals surface area contributed by atoms with Gasteiger partial charge in [-0.2, -0.15) is 0 Å². The largest absolute Gasteiger partial charge is 0.381 e. The molecule has 1 rings (SSSR count). The van der Waals surface area contributed by atoms with Gasteiger partial charge in [-0.15, -0.1) is 0 Å². The molecule has 0 aromatic heterocycles. The minimum Gasteiger partial charge on any atom is -0.381 e. The summed E-state index contributed by atoms with van der Waals surface area (Å²) in [4.78, 5) is 2.57. The molecule has 0 aromatic rings. The van der Waals surface area contributed by atoms with Crippen molar-refractivity contribution in [1.82, 2.24) is 4.90 Å². The Balaban J connectivity index is 2.57. The third-order valence-corrected chi connectivity index (χ3v) is 3.51. The van der Waals surface area contributed by atoms with Crippen LogP contribution in [0.5, 0.6) is 0 Å². The number of nitrogens with zero attached hydrogens (tertiary/aromatic N) is 1. The SMILES string of the molecule is CO[C@H]1CCN(C(C)C)CC1C(C)C. The molecule has 1 saturated heterocycles. The fourth-order valence-corrected chi connectivity index (χ4v) is 2.39. The Bertz CT molecular complexity index is 168. The van der Waals surface area contributed by atoms with Crippen LogP contribution in [0.1, 0.15) is 34.1 Å². The lowest BCUT2D eigenvalue weighted by Crippen LogP contribution is -2.48. The zero-order chi connectivity index (χ0) is 10.7. The van der Waals surface area contributed by atoms with E-state index in [1.54, 1.807) is 0 Å². The Kier molecular flexibility index (Phi) is 4.39. The van der Waals surface area contributed by atoms with Crippen molar-refractivity contribution in [3.63, 3.8) is 0 Å². The molecule has 1 heterocycles. The molecule has 1 aliphatic heterocycles. The lowest BCUT2D eigenvalue weighted by atomic mass is 9.85. The number of likely N-dealkylation sites (tertiary alicyclic amines) is 1. The first kappa shape index (κ1) is 12.0. The quantitative estimate of drug-likeness (QED) is 0.692. The first-order valence-corrected chi connectivity index (χ1v) is 5.83. The number of methoxy groups -OCH3 is 1. The molecule has 1 unspecified atom stereocenters. The summed E-state index contributed by atoms with van der Waals surface area (Å²) in [6, 6.07) is 0.675. The maximum absolute atomic E-state index is 5.57. The van der Waals surface area contributed by atoms with Gasteiger partial charge in [-0.3, -0.25) is 0 Å². The Morgan fingerprint density at radius 1 is 1.21 bits per heavy atom. The van der Waals surface area contributed by atoms with Crippen molar-refractivity contribution >= 4 is 0 Å². The van der Waals surface area contributed by atoms with Crippen LogP contribution in [0.3, 0.4) is 0 Å². The molecule has 0 saturated carbocycles. The minimum absolute atomic E-state index is 0.477. The average Bonchev–Trinajstić information content (AvgIpc) is 2.16. The molecule has 2 atom stereocenters. The van der Waals surface area contributed by atoms with Crippen LogP contribution >= 0.6 is 0 Å². The highest BCUT2D eigenvalue weighted by Gasteiger charge is 2.31. The maximum atomic E-state index is 5.57. The van der Waals surface area contributed by atoms with E-state index in [0.717, 1.165) is 5.92 Å². The monoisotopic (exact) mass is 199 g/mol. The van der Waals surface area contributed by atoms with Gasteiger partial charge in [0.2, 0.25) is 0 Å². The Hall–Kier alpha value is -0.0800. The van der Waals surface area contributed by atoms with Gasteiger partial charge in [-0.25, -0.2) is 0 Å². The lowest BCUT2D eigenvalue weighted by molar-refractivity contribution is -0.0311. The first-order valence-electron chi connectivity index (χ1n) is 5.83. The van der Waals surface area contributed by atoms with Gasteiger partial charge in [0.1, 0.15) is 0 Å². The number of ether oxygens (including phenoxy) is 1. The van der Waals surface area contributed by atoms with E-state index in [9.17, 15) is 0 Å². The van der Waals surface area contributed by atoms with Gasteiger partial charge in [-0.05, 0) is 26.2 Å². The Labute approximate surface area is 88.6 Å². The van der Waals surface area contributed by atoms with E-state index < -0.39 is 0 Å². The molecular formula is C12H25NO. The van der Waals surface area contributed by atoms with Crippen molar-refractivity contribution in [1.29, 1.82) is 0 Å². The summed E-state index contributed by atoms with van der Waals surface area (Å²) in [5.41, 5.74) is 0. The van der Waals surface area contributed by atoms with E-state index in [4.69, 9.17) is 4.74 Å². The average molecular weight is 199 g/mol. The van der Waals surface area contributed by atoms with Crippen molar-refractivity contribution in [3.05, 3.63) is 0 Å². The second-order valence-corrected chi connectivity index (χ2v) is 5.06. The summed E-state index contributed by atoms with van der Waals surface area (Å²) in [7, 11) is 1.85. The van der Waals surface area contributed by atoms with Crippen LogP contribution in [0, 0.1) is 11.8 Å². The molecule has 0 amide bonds. The summed E-state index contributed by atoms with van der Waals surface area (Å²) in [5.74, 6) is 1.43. The highest BCUT2D eigenvalue weighted by Crippen LogP contribution is 2.27. The summed E-state index contributed by atoms with van der Waals surface area (Å²) >= 11 is 0. The molecule has 0 radical (unpaired) electrons. The van der Waals surface area contributed by atoms with Crippen molar-refractivity contribution in [2.24, 2.45) is 11.8 Å². The third-order valence-electron chi connectivity index (χ3n) is 3.51. The molecule has 1 aliphatic rings. The fraction of sp³-hybridized carbons (Fsp3) is 1.00. The van der Waals surface area contributed by atoms with Crippen LogP contribution in [0.15, 0.2) is 0 Å². The van der Waals surface area contributed by atoms with E-state index in [-0.39, 0.29) is 0 Å². The van der Waals surface area contributed by atoms with Gasteiger partial charge in [0, 0.05) is 32.2 Å². The number of hydrogen-bond donors (Lipinski definition) is 0. The van der Waals surface area contributed by atoms with Crippen LogP contribution in [0.2, 0.25) is 0 Å². The molecule has 2 heteroatoms. The normalized spacial score (nSPS) is 30.2. The van der Waals surface area contributed by atoms with E-state index >= 15 is 0 Å². The summed E-state index contributed by atoms with van der Waals surface area (Å²) in [6.45, 7) is 11.6. The summed E-state index contributed by atoms with van der Waals surface area (Å²) in [5, 5.41) is 0. The van der Waals surface area contributed by atoms with Gasteiger partial charge in [0.05, 0.1) is 6.10 Å². The zero-order valence-corrected chi connectivity index (χ0v) is 10.3. The first-order chi connectivity index (χ1) is 6.56. The third kappa shape index (κ3) is 2.71.